The van der Waals surface area contributed by atoms with Crippen molar-refractivity contribution in [3.8, 4) is 0 Å². The molecule has 1 aliphatic carbocycles. The van der Waals surface area contributed by atoms with Crippen molar-refractivity contribution < 1.29 is 5.11 Å². The molecule has 0 spiro atoms. The minimum atomic E-state index is 0.00851. The van der Waals surface area contributed by atoms with Crippen LogP contribution in [0.4, 0.5) is 0 Å². The van der Waals surface area contributed by atoms with Gasteiger partial charge in [0.2, 0.25) is 0 Å². The number of rotatable bonds is 2. The Kier molecular flexibility index (Phi) is 3.48. The second kappa shape index (κ2) is 4.73. The van der Waals surface area contributed by atoms with Crippen LogP contribution in [-0.4, -0.2) is 15.1 Å². The zero-order chi connectivity index (χ0) is 12.5. The molecule has 1 heterocycles. The van der Waals surface area contributed by atoms with Crippen LogP contribution in [0, 0.1) is 12.3 Å². The monoisotopic (exact) mass is 234 g/mol. The molecule has 0 aromatic carbocycles. The topological polar surface area (TPSA) is 46.0 Å². The summed E-state index contributed by atoms with van der Waals surface area (Å²) in [6.45, 7) is 6.64. The van der Waals surface area contributed by atoms with E-state index in [0.717, 1.165) is 17.2 Å². The Morgan fingerprint density at radius 1 is 1.29 bits per heavy atom. The Hall–Kier alpha value is -0.960. The highest BCUT2D eigenvalue weighted by Crippen LogP contribution is 2.41. The van der Waals surface area contributed by atoms with Crippen molar-refractivity contribution in [2.75, 3.05) is 0 Å². The molecule has 0 atom stereocenters. The third kappa shape index (κ3) is 3.03. The van der Waals surface area contributed by atoms with E-state index < -0.39 is 0 Å². The second-order valence-electron chi connectivity index (χ2n) is 5.96. The van der Waals surface area contributed by atoms with Gasteiger partial charge in [-0.25, -0.2) is 9.97 Å². The van der Waals surface area contributed by atoms with E-state index in [-0.39, 0.29) is 6.61 Å². The maximum atomic E-state index is 9.18. The molecule has 1 aliphatic rings. The number of nitrogens with zero attached hydrogens (tertiary/aromatic N) is 2. The maximum absolute atomic E-state index is 9.18. The fourth-order valence-electron chi connectivity index (χ4n) is 2.58. The van der Waals surface area contributed by atoms with Crippen molar-refractivity contribution in [1.29, 1.82) is 0 Å². The molecule has 0 unspecified atom stereocenters. The molecule has 17 heavy (non-hydrogen) atoms. The molecule has 2 rings (SSSR count). The van der Waals surface area contributed by atoms with Crippen molar-refractivity contribution >= 4 is 0 Å². The second-order valence-corrected chi connectivity index (χ2v) is 5.96. The highest BCUT2D eigenvalue weighted by molar-refractivity contribution is 5.12. The van der Waals surface area contributed by atoms with Crippen LogP contribution in [0.25, 0.3) is 0 Å². The van der Waals surface area contributed by atoms with Crippen LogP contribution in [0.2, 0.25) is 0 Å². The van der Waals surface area contributed by atoms with E-state index >= 15 is 0 Å². The highest BCUT2D eigenvalue weighted by Gasteiger charge is 2.29. The van der Waals surface area contributed by atoms with Gasteiger partial charge in [0.05, 0.1) is 12.3 Å². The summed E-state index contributed by atoms with van der Waals surface area (Å²) in [6.07, 6.45) is 4.81. The van der Waals surface area contributed by atoms with Crippen LogP contribution >= 0.6 is 0 Å². The minimum absolute atomic E-state index is 0.00851. The van der Waals surface area contributed by atoms with E-state index in [1.165, 1.54) is 25.7 Å². The average Bonchev–Trinajstić information content (AvgIpc) is 2.28. The third-order valence-electron chi connectivity index (χ3n) is 3.79. The lowest BCUT2D eigenvalue weighted by Gasteiger charge is -2.33. The summed E-state index contributed by atoms with van der Waals surface area (Å²) in [6, 6.07) is 1.86. The zero-order valence-corrected chi connectivity index (χ0v) is 11.0. The first-order valence-corrected chi connectivity index (χ1v) is 6.45. The molecular weight excluding hydrogens is 212 g/mol. The standard InChI is InChI=1S/C14H22N2O/c1-10-8-12(9-17)16-13(15-10)11-4-6-14(2,3)7-5-11/h8,11,17H,4-7,9H2,1-3H3. The first-order chi connectivity index (χ1) is 8.00. The van der Waals surface area contributed by atoms with Crippen LogP contribution in [0.3, 0.4) is 0 Å². The first-order valence-electron chi connectivity index (χ1n) is 6.45. The Morgan fingerprint density at radius 3 is 2.53 bits per heavy atom. The van der Waals surface area contributed by atoms with Crippen molar-refractivity contribution in [3.05, 3.63) is 23.3 Å². The smallest absolute Gasteiger partial charge is 0.132 e. The SMILES string of the molecule is Cc1cc(CO)nc(C2CCC(C)(C)CC2)n1. The average molecular weight is 234 g/mol. The largest absolute Gasteiger partial charge is 0.390 e. The van der Waals surface area contributed by atoms with Gasteiger partial charge in [-0.1, -0.05) is 13.8 Å². The van der Waals surface area contributed by atoms with E-state index in [1.807, 2.05) is 13.0 Å². The van der Waals surface area contributed by atoms with Gasteiger partial charge in [-0.3, -0.25) is 0 Å². The predicted octanol–water partition coefficient (Wildman–Crippen LogP) is 2.96. The zero-order valence-electron chi connectivity index (χ0n) is 11.0. The molecule has 1 aromatic rings. The van der Waals surface area contributed by atoms with Gasteiger partial charge in [-0.2, -0.15) is 0 Å². The highest BCUT2D eigenvalue weighted by atomic mass is 16.3. The molecule has 1 N–H and O–H groups in total. The van der Waals surface area contributed by atoms with Gasteiger partial charge in [0.15, 0.2) is 0 Å². The number of hydrogen-bond donors (Lipinski definition) is 1. The normalized spacial score (nSPS) is 20.5. The van der Waals surface area contributed by atoms with Gasteiger partial charge in [0, 0.05) is 11.6 Å². The van der Waals surface area contributed by atoms with E-state index in [0.29, 0.717) is 11.3 Å². The molecule has 0 radical (unpaired) electrons. The Bertz CT molecular complexity index is 391. The Labute approximate surface area is 103 Å². The van der Waals surface area contributed by atoms with E-state index in [9.17, 15) is 5.11 Å². The molecule has 0 saturated heterocycles. The molecule has 0 amide bonds. The van der Waals surface area contributed by atoms with E-state index in [1.54, 1.807) is 0 Å². The number of aliphatic hydroxyl groups is 1. The minimum Gasteiger partial charge on any atom is -0.390 e. The fraction of sp³-hybridized carbons (Fsp3) is 0.714. The number of aliphatic hydroxyl groups excluding tert-OH is 1. The summed E-state index contributed by atoms with van der Waals surface area (Å²) in [5.41, 5.74) is 2.18. The van der Waals surface area contributed by atoms with Gasteiger partial charge < -0.3 is 5.11 Å². The number of aryl methyl sites for hydroxylation is 1. The molecular formula is C14H22N2O. The van der Waals surface area contributed by atoms with Gasteiger partial charge in [-0.05, 0) is 44.1 Å². The molecule has 3 heteroatoms. The lowest BCUT2D eigenvalue weighted by atomic mass is 9.73. The molecule has 1 saturated carbocycles. The predicted molar refractivity (Wildman–Crippen MR) is 67.7 cm³/mol. The van der Waals surface area contributed by atoms with Crippen molar-refractivity contribution in [3.63, 3.8) is 0 Å². The molecule has 1 fully saturated rings. The molecule has 1 aromatic heterocycles. The first kappa shape index (κ1) is 12.5. The van der Waals surface area contributed by atoms with Gasteiger partial charge >= 0.3 is 0 Å². The number of aromatic nitrogens is 2. The van der Waals surface area contributed by atoms with Crippen molar-refractivity contribution in [1.82, 2.24) is 9.97 Å². The van der Waals surface area contributed by atoms with E-state index in [4.69, 9.17) is 0 Å². The Morgan fingerprint density at radius 2 is 1.94 bits per heavy atom. The summed E-state index contributed by atoms with van der Waals surface area (Å²) >= 11 is 0. The van der Waals surface area contributed by atoms with Gasteiger partial charge in [-0.15, -0.1) is 0 Å². The van der Waals surface area contributed by atoms with Gasteiger partial charge in [0.1, 0.15) is 5.82 Å². The van der Waals surface area contributed by atoms with E-state index in [2.05, 4.69) is 23.8 Å². The summed E-state index contributed by atoms with van der Waals surface area (Å²) in [5, 5.41) is 9.18. The third-order valence-corrected chi connectivity index (χ3v) is 3.79. The maximum Gasteiger partial charge on any atom is 0.132 e. The summed E-state index contributed by atoms with van der Waals surface area (Å²) in [7, 11) is 0. The van der Waals surface area contributed by atoms with Crippen LogP contribution in [0.1, 0.15) is 62.7 Å². The molecule has 0 aliphatic heterocycles. The fourth-order valence-corrected chi connectivity index (χ4v) is 2.58. The molecule has 94 valence electrons. The van der Waals surface area contributed by atoms with Crippen molar-refractivity contribution in [2.45, 2.75) is 59.0 Å². The molecule has 0 bridgehead atoms. The lowest BCUT2D eigenvalue weighted by molar-refractivity contribution is 0.219. The van der Waals surface area contributed by atoms with Crippen LogP contribution in [0.5, 0.6) is 0 Å². The Balaban J connectivity index is 2.15. The van der Waals surface area contributed by atoms with Crippen molar-refractivity contribution in [2.24, 2.45) is 5.41 Å². The summed E-state index contributed by atoms with van der Waals surface area (Å²) < 4.78 is 0. The summed E-state index contributed by atoms with van der Waals surface area (Å²) in [5.74, 6) is 1.41. The number of hydrogen-bond acceptors (Lipinski definition) is 3. The summed E-state index contributed by atoms with van der Waals surface area (Å²) in [4.78, 5) is 8.99. The van der Waals surface area contributed by atoms with Crippen LogP contribution in [0.15, 0.2) is 6.07 Å². The van der Waals surface area contributed by atoms with Crippen LogP contribution in [-0.2, 0) is 6.61 Å². The van der Waals surface area contributed by atoms with Gasteiger partial charge in [0.25, 0.3) is 0 Å². The molecule has 3 nitrogen and oxygen atoms in total. The van der Waals surface area contributed by atoms with Crippen LogP contribution < -0.4 is 0 Å². The lowest BCUT2D eigenvalue weighted by Crippen LogP contribution is -2.21. The quantitative estimate of drug-likeness (QED) is 0.855.